The molecule has 2 bridgehead atoms. The normalized spacial score (nSPS) is 26.8. The summed E-state index contributed by atoms with van der Waals surface area (Å²) in [5.41, 5.74) is 7.25. The van der Waals surface area contributed by atoms with E-state index in [0.29, 0.717) is 17.8 Å². The number of benzene rings is 1. The van der Waals surface area contributed by atoms with Crippen LogP contribution in [0, 0.1) is 34.4 Å². The second-order valence-corrected chi connectivity index (χ2v) is 10.8. The number of halogens is 2. The van der Waals surface area contributed by atoms with Crippen molar-refractivity contribution >= 4 is 40.6 Å². The molecule has 5 N–H and O–H groups in total. The Morgan fingerprint density at radius 3 is 2.71 bits per heavy atom. The number of nitrogens with zero attached hydrogens (tertiary/aromatic N) is 4. The third-order valence-electron chi connectivity index (χ3n) is 8.22. The summed E-state index contributed by atoms with van der Waals surface area (Å²) in [6.45, 7) is 3.67. The molecule has 202 valence electrons. The van der Waals surface area contributed by atoms with E-state index < -0.39 is 23.7 Å². The number of anilines is 2. The number of carbonyl (C=O) groups is 2. The summed E-state index contributed by atoms with van der Waals surface area (Å²) in [6, 6.07) is 4.61. The predicted molar refractivity (Wildman–Crippen MR) is 139 cm³/mol. The van der Waals surface area contributed by atoms with Gasteiger partial charge in [-0.05, 0) is 55.3 Å². The average molecular weight is 546 g/mol. The van der Waals surface area contributed by atoms with Gasteiger partial charge in [-0.1, -0.05) is 0 Å². The van der Waals surface area contributed by atoms with E-state index in [4.69, 9.17) is 17.3 Å². The molecular weight excluding hydrogens is 515 g/mol. The number of likely N-dealkylation sites (N-methyl/N-ethyl adjacent to an activating group) is 1. The van der Waals surface area contributed by atoms with E-state index in [0.717, 1.165) is 50.9 Å². The first kappa shape index (κ1) is 26.2. The van der Waals surface area contributed by atoms with Gasteiger partial charge in [-0.3, -0.25) is 9.59 Å². The molecule has 2 aliphatic carbocycles. The number of carbonyl (C=O) groups excluding carboxylic acids is 2. The fourth-order valence-electron chi connectivity index (χ4n) is 6.36. The molecule has 1 aliphatic heterocycles. The Morgan fingerprint density at radius 1 is 1.24 bits per heavy atom. The average Bonchev–Trinajstić information content (AvgIpc) is 3.48. The van der Waals surface area contributed by atoms with Gasteiger partial charge < -0.3 is 26.2 Å². The quantitative estimate of drug-likeness (QED) is 0.350. The highest BCUT2D eigenvalue weighted by atomic mass is 35.5. The Kier molecular flexibility index (Phi) is 7.44. The van der Waals surface area contributed by atoms with Crippen molar-refractivity contribution in [3.8, 4) is 0 Å². The lowest BCUT2D eigenvalue weighted by Crippen LogP contribution is -2.55. The third kappa shape index (κ3) is 5.14. The molecule has 2 saturated carbocycles. The number of hydrogen-bond acceptors (Lipinski definition) is 8. The molecule has 2 heterocycles. The van der Waals surface area contributed by atoms with E-state index in [2.05, 4.69) is 37.4 Å². The number of hydrogen-bond donors (Lipinski definition) is 4. The Labute approximate surface area is 224 Å². The minimum Gasteiger partial charge on any atom is -0.369 e. The highest BCUT2D eigenvalue weighted by Crippen LogP contribution is 2.52. The lowest BCUT2D eigenvalue weighted by Gasteiger charge is -2.36. The van der Waals surface area contributed by atoms with Crippen molar-refractivity contribution < 1.29 is 19.2 Å². The molecule has 5 rings (SSSR count). The van der Waals surface area contributed by atoms with E-state index in [-0.39, 0.29) is 34.8 Å². The van der Waals surface area contributed by atoms with Gasteiger partial charge in [-0.15, -0.1) is 0 Å². The lowest BCUT2D eigenvalue weighted by atomic mass is 9.77. The molecular formula is C25H31ClFN8O3+. The highest BCUT2D eigenvalue weighted by Gasteiger charge is 2.55. The van der Waals surface area contributed by atoms with Gasteiger partial charge in [0.2, 0.25) is 11.2 Å². The molecule has 38 heavy (non-hydrogen) atoms. The molecule has 1 aromatic heterocycles. The number of primary amides is 1. The van der Waals surface area contributed by atoms with Crippen LogP contribution in [-0.2, 0) is 4.79 Å². The molecule has 1 aromatic carbocycles. The maximum atomic E-state index is 14.4. The maximum Gasteiger partial charge on any atom is 0.254 e. The molecule has 11 nitrogen and oxygen atoms in total. The van der Waals surface area contributed by atoms with Gasteiger partial charge >= 0.3 is 0 Å². The van der Waals surface area contributed by atoms with Crippen molar-refractivity contribution in [2.75, 3.05) is 50.0 Å². The first-order valence-electron chi connectivity index (χ1n) is 12.7. The SMILES string of the molecule is CN1CCN(c2ccc([NH+]=O)cc2C(=O)NC[C@@H]2C[C@@H]3C[C@H]2[C@@H](Nc2nc(Cl)ncc2F)[C@H]3C(N)=O)CC1. The second kappa shape index (κ2) is 10.8. The molecule has 3 fully saturated rings. The summed E-state index contributed by atoms with van der Waals surface area (Å²) in [5, 5.41) is 7.86. The van der Waals surface area contributed by atoms with Crippen LogP contribution in [0.1, 0.15) is 23.2 Å². The van der Waals surface area contributed by atoms with E-state index in [1.165, 1.54) is 0 Å². The van der Waals surface area contributed by atoms with Crippen LogP contribution < -0.4 is 26.4 Å². The summed E-state index contributed by atoms with van der Waals surface area (Å²) < 4.78 is 14.4. The van der Waals surface area contributed by atoms with Crippen molar-refractivity contribution in [2.24, 2.45) is 29.4 Å². The topological polar surface area (TPSA) is 148 Å². The fraction of sp³-hybridized carbons (Fsp3) is 0.520. The molecule has 5 atom stereocenters. The van der Waals surface area contributed by atoms with Crippen LogP contribution in [0.3, 0.4) is 0 Å². The summed E-state index contributed by atoms with van der Waals surface area (Å²) in [4.78, 5) is 48.9. The zero-order chi connectivity index (χ0) is 27.0. The smallest absolute Gasteiger partial charge is 0.254 e. The van der Waals surface area contributed by atoms with Crippen molar-refractivity contribution in [1.82, 2.24) is 20.2 Å². The van der Waals surface area contributed by atoms with Gasteiger partial charge in [0.1, 0.15) is 0 Å². The Hall–Kier alpha value is -3.38. The van der Waals surface area contributed by atoms with Crippen LogP contribution in [0.25, 0.3) is 0 Å². The van der Waals surface area contributed by atoms with Crippen LogP contribution >= 0.6 is 11.6 Å². The molecule has 0 spiro atoms. The zero-order valence-electron chi connectivity index (χ0n) is 21.0. The van der Waals surface area contributed by atoms with Crippen molar-refractivity contribution in [2.45, 2.75) is 18.9 Å². The van der Waals surface area contributed by atoms with Crippen molar-refractivity contribution in [1.29, 1.82) is 0 Å². The lowest BCUT2D eigenvalue weighted by molar-refractivity contribution is -0.379. The highest BCUT2D eigenvalue weighted by molar-refractivity contribution is 6.28. The summed E-state index contributed by atoms with van der Waals surface area (Å²) in [5.74, 6) is -1.91. The molecule has 13 heteroatoms. The summed E-state index contributed by atoms with van der Waals surface area (Å²) >= 11 is 5.85. The molecule has 3 aliphatic rings. The maximum absolute atomic E-state index is 14.4. The number of piperazine rings is 1. The molecule has 0 radical (unpaired) electrons. The van der Waals surface area contributed by atoms with Crippen LogP contribution in [-0.4, -0.2) is 72.5 Å². The van der Waals surface area contributed by atoms with Gasteiger partial charge in [-0.2, -0.15) is 4.98 Å². The zero-order valence-corrected chi connectivity index (χ0v) is 21.7. The van der Waals surface area contributed by atoms with Gasteiger partial charge in [-0.25, -0.2) is 9.37 Å². The van der Waals surface area contributed by atoms with Crippen molar-refractivity contribution in [3.05, 3.63) is 46.0 Å². The monoisotopic (exact) mass is 545 g/mol. The van der Waals surface area contributed by atoms with Gasteiger partial charge in [0.25, 0.3) is 11.6 Å². The molecule has 2 amide bonds. The van der Waals surface area contributed by atoms with E-state index in [1.54, 1.807) is 18.2 Å². The molecule has 1 saturated heterocycles. The largest absolute Gasteiger partial charge is 0.369 e. The van der Waals surface area contributed by atoms with E-state index >= 15 is 0 Å². The second-order valence-electron chi connectivity index (χ2n) is 10.4. The van der Waals surface area contributed by atoms with Crippen LogP contribution in [0.15, 0.2) is 24.4 Å². The first-order valence-corrected chi connectivity index (χ1v) is 13.1. The number of fused-ring (bicyclic) bond motifs is 2. The number of amides is 2. The standard InChI is InChI=1S/C25H30ClFN8O3/c1-34-4-6-35(7-5-34)19-3-2-15(33-38)10-17(19)24(37)29-11-14-8-13-9-16(14)21(20(13)22(28)36)31-23-18(27)12-30-25(26)32-23/h2-3,10,12-14,16,20-21H,4-9,11H2,1H3,(H2,28,36)(H,29,37)(H,30,31,32)/p+1/t13-,14+,16-,20+,21-/m1/s1. The summed E-state index contributed by atoms with van der Waals surface area (Å²) in [7, 11) is 2.06. The number of rotatable bonds is 8. The predicted octanol–water partition coefficient (Wildman–Crippen LogP) is 0.467. The van der Waals surface area contributed by atoms with Crippen LogP contribution in [0.4, 0.5) is 21.6 Å². The van der Waals surface area contributed by atoms with Crippen LogP contribution in [0.5, 0.6) is 0 Å². The van der Waals surface area contributed by atoms with E-state index in [1.807, 2.05) is 5.18 Å². The van der Waals surface area contributed by atoms with Gasteiger partial charge in [0, 0.05) is 61.0 Å². The molecule has 2 aromatic rings. The fourth-order valence-corrected chi connectivity index (χ4v) is 6.50. The van der Waals surface area contributed by atoms with E-state index in [9.17, 15) is 18.9 Å². The number of aromatic nitrogens is 2. The van der Waals surface area contributed by atoms with Crippen molar-refractivity contribution in [3.63, 3.8) is 0 Å². The third-order valence-corrected chi connectivity index (χ3v) is 8.40. The van der Waals surface area contributed by atoms with Crippen LogP contribution in [0.2, 0.25) is 5.28 Å². The first-order chi connectivity index (χ1) is 18.2. The Morgan fingerprint density at radius 2 is 2.00 bits per heavy atom. The number of nitrogens with one attached hydrogen (secondary N) is 3. The minimum absolute atomic E-state index is 0.0196. The Bertz CT molecular complexity index is 1240. The van der Waals surface area contributed by atoms with Gasteiger partial charge in [0.15, 0.2) is 11.6 Å². The summed E-state index contributed by atoms with van der Waals surface area (Å²) in [6.07, 6.45) is 2.43. The minimum atomic E-state index is -0.673. The number of nitroso groups, excluding NO2 is 1. The number of nitrogens with two attached hydrogens (primary N) is 1. The Balaban J connectivity index is 1.31. The molecule has 0 unspecified atom stereocenters. The van der Waals surface area contributed by atoms with Gasteiger partial charge in [0.05, 0.1) is 23.4 Å².